The van der Waals surface area contributed by atoms with Gasteiger partial charge in [0.2, 0.25) is 0 Å². The largest absolute Gasteiger partial charge is 0.396 e. The number of sulfonamides is 1. The van der Waals surface area contributed by atoms with E-state index in [2.05, 4.69) is 9.71 Å². The van der Waals surface area contributed by atoms with Crippen molar-refractivity contribution in [3.63, 3.8) is 0 Å². The molecule has 0 amide bonds. The Hall–Kier alpha value is -1.14. The molecule has 0 aliphatic heterocycles. The predicted molar refractivity (Wildman–Crippen MR) is 70.5 cm³/mol. The number of nitrogen functional groups attached to an aromatic ring is 1. The monoisotopic (exact) mass is 269 g/mol. The van der Waals surface area contributed by atoms with Gasteiger partial charge in [-0.3, -0.25) is 0 Å². The fraction of sp³-hybridized carbons (Fsp3) is 0.583. The molecular weight excluding hydrogens is 250 g/mol. The third-order valence-electron chi connectivity index (χ3n) is 3.23. The normalized spacial score (nSPS) is 18.4. The van der Waals surface area contributed by atoms with Crippen molar-refractivity contribution in [1.29, 1.82) is 0 Å². The number of hydrogen-bond donors (Lipinski definition) is 2. The Morgan fingerprint density at radius 1 is 1.22 bits per heavy atom. The third kappa shape index (κ3) is 3.20. The Morgan fingerprint density at radius 3 is 2.50 bits per heavy atom. The van der Waals surface area contributed by atoms with E-state index < -0.39 is 10.0 Å². The molecule has 0 saturated heterocycles. The second-order valence-corrected chi connectivity index (χ2v) is 6.34. The third-order valence-corrected chi connectivity index (χ3v) is 4.73. The van der Waals surface area contributed by atoms with Crippen molar-refractivity contribution in [2.75, 3.05) is 5.73 Å². The van der Waals surface area contributed by atoms with Crippen LogP contribution in [0.3, 0.4) is 0 Å². The molecule has 0 unspecified atom stereocenters. The van der Waals surface area contributed by atoms with E-state index in [9.17, 15) is 8.42 Å². The van der Waals surface area contributed by atoms with Crippen LogP contribution in [0, 0.1) is 0 Å². The molecule has 1 aliphatic carbocycles. The van der Waals surface area contributed by atoms with Gasteiger partial charge in [-0.05, 0) is 25.0 Å². The van der Waals surface area contributed by atoms with Gasteiger partial charge < -0.3 is 5.73 Å². The van der Waals surface area contributed by atoms with E-state index in [4.69, 9.17) is 5.73 Å². The van der Waals surface area contributed by atoms with Crippen LogP contribution in [0.15, 0.2) is 23.4 Å². The quantitative estimate of drug-likeness (QED) is 0.817. The second-order valence-electron chi connectivity index (χ2n) is 4.71. The lowest BCUT2D eigenvalue weighted by atomic mass is 10.1. The fourth-order valence-electron chi connectivity index (χ4n) is 2.30. The lowest BCUT2D eigenvalue weighted by Crippen LogP contribution is -2.35. The number of pyridine rings is 1. The summed E-state index contributed by atoms with van der Waals surface area (Å²) in [6.07, 6.45) is 7.75. The van der Waals surface area contributed by atoms with Gasteiger partial charge in [-0.25, -0.2) is 18.1 Å². The molecule has 3 N–H and O–H groups in total. The number of hydrogen-bond acceptors (Lipinski definition) is 4. The molecule has 0 radical (unpaired) electrons. The summed E-state index contributed by atoms with van der Waals surface area (Å²) in [5.74, 6) is 0. The van der Waals surface area contributed by atoms with Crippen molar-refractivity contribution in [2.45, 2.75) is 49.6 Å². The average molecular weight is 269 g/mol. The summed E-state index contributed by atoms with van der Waals surface area (Å²) in [5, 5.41) is -0.0609. The fourth-order valence-corrected chi connectivity index (χ4v) is 3.66. The Labute approximate surface area is 108 Å². The van der Waals surface area contributed by atoms with Crippen molar-refractivity contribution < 1.29 is 8.42 Å². The molecule has 1 aromatic heterocycles. The molecule has 0 aromatic carbocycles. The predicted octanol–water partition coefficient (Wildman–Crippen LogP) is 1.66. The number of nitrogens with zero attached hydrogens (tertiary/aromatic N) is 1. The zero-order valence-electron chi connectivity index (χ0n) is 10.3. The molecule has 2 rings (SSSR count). The molecule has 0 bridgehead atoms. The molecule has 5 nitrogen and oxygen atoms in total. The average Bonchev–Trinajstić information content (AvgIpc) is 2.57. The standard InChI is InChI=1S/C12H19N3O2S/c13-11-8-5-9-14-12(11)18(16,17)15-10-6-3-1-2-4-7-10/h5,8-10,15H,1-4,6-7,13H2. The number of aromatic nitrogens is 1. The lowest BCUT2D eigenvalue weighted by Gasteiger charge is -2.16. The summed E-state index contributed by atoms with van der Waals surface area (Å²) in [7, 11) is -3.59. The molecule has 1 aliphatic rings. The summed E-state index contributed by atoms with van der Waals surface area (Å²) >= 11 is 0. The molecular formula is C12H19N3O2S. The minimum absolute atomic E-state index is 0.0129. The highest BCUT2D eigenvalue weighted by atomic mass is 32.2. The highest BCUT2D eigenvalue weighted by molar-refractivity contribution is 7.89. The van der Waals surface area contributed by atoms with E-state index >= 15 is 0 Å². The molecule has 1 fully saturated rings. The van der Waals surface area contributed by atoms with Gasteiger partial charge in [0, 0.05) is 12.2 Å². The van der Waals surface area contributed by atoms with Crippen molar-refractivity contribution in [3.05, 3.63) is 18.3 Å². The van der Waals surface area contributed by atoms with E-state index in [0.29, 0.717) is 0 Å². The summed E-state index contributed by atoms with van der Waals surface area (Å²) < 4.78 is 27.1. The minimum atomic E-state index is -3.59. The van der Waals surface area contributed by atoms with Gasteiger partial charge in [-0.1, -0.05) is 25.7 Å². The second kappa shape index (κ2) is 5.67. The summed E-state index contributed by atoms with van der Waals surface area (Å²) in [5.41, 5.74) is 5.85. The van der Waals surface area contributed by atoms with Crippen LogP contribution in [0.25, 0.3) is 0 Å². The van der Waals surface area contributed by atoms with Crippen LogP contribution in [0.4, 0.5) is 5.69 Å². The number of anilines is 1. The van der Waals surface area contributed by atoms with Gasteiger partial charge in [0.05, 0.1) is 5.69 Å². The number of rotatable bonds is 3. The molecule has 1 saturated carbocycles. The number of nitrogens with one attached hydrogen (secondary N) is 1. The van der Waals surface area contributed by atoms with Crippen molar-refractivity contribution in [3.8, 4) is 0 Å². The topological polar surface area (TPSA) is 85.1 Å². The highest BCUT2D eigenvalue weighted by Crippen LogP contribution is 2.20. The van der Waals surface area contributed by atoms with Crippen LogP contribution in [0.1, 0.15) is 38.5 Å². The van der Waals surface area contributed by atoms with Crippen LogP contribution < -0.4 is 10.5 Å². The van der Waals surface area contributed by atoms with Crippen LogP contribution >= 0.6 is 0 Å². The summed E-state index contributed by atoms with van der Waals surface area (Å²) in [4.78, 5) is 3.86. The summed E-state index contributed by atoms with van der Waals surface area (Å²) in [6, 6.07) is 3.19. The van der Waals surface area contributed by atoms with Crippen LogP contribution in [-0.2, 0) is 10.0 Å². The maximum absolute atomic E-state index is 12.2. The van der Waals surface area contributed by atoms with Crippen molar-refractivity contribution >= 4 is 15.7 Å². The van der Waals surface area contributed by atoms with Gasteiger partial charge in [0.1, 0.15) is 0 Å². The zero-order valence-corrected chi connectivity index (χ0v) is 11.1. The Morgan fingerprint density at radius 2 is 1.89 bits per heavy atom. The van der Waals surface area contributed by atoms with Crippen LogP contribution in [-0.4, -0.2) is 19.4 Å². The Bertz CT molecular complexity index is 494. The first-order valence-electron chi connectivity index (χ1n) is 6.32. The molecule has 6 heteroatoms. The maximum atomic E-state index is 12.2. The van der Waals surface area contributed by atoms with Gasteiger partial charge in [-0.15, -0.1) is 0 Å². The maximum Gasteiger partial charge on any atom is 0.260 e. The Balaban J connectivity index is 2.14. The first-order valence-corrected chi connectivity index (χ1v) is 7.81. The van der Waals surface area contributed by atoms with Gasteiger partial charge in [-0.2, -0.15) is 0 Å². The highest BCUT2D eigenvalue weighted by Gasteiger charge is 2.23. The smallest absolute Gasteiger partial charge is 0.260 e. The zero-order chi connectivity index (χ0) is 13.0. The number of nitrogens with two attached hydrogens (primary N) is 1. The van der Waals surface area contributed by atoms with E-state index in [1.165, 1.54) is 19.0 Å². The van der Waals surface area contributed by atoms with E-state index in [-0.39, 0.29) is 16.8 Å². The molecule has 1 heterocycles. The van der Waals surface area contributed by atoms with E-state index in [1.54, 1.807) is 12.1 Å². The van der Waals surface area contributed by atoms with Crippen molar-refractivity contribution in [2.24, 2.45) is 0 Å². The molecule has 0 atom stereocenters. The van der Waals surface area contributed by atoms with Gasteiger partial charge in [0.25, 0.3) is 10.0 Å². The first-order chi connectivity index (χ1) is 8.59. The van der Waals surface area contributed by atoms with E-state index in [0.717, 1.165) is 25.7 Å². The van der Waals surface area contributed by atoms with Crippen LogP contribution in [0.5, 0.6) is 0 Å². The lowest BCUT2D eigenvalue weighted by molar-refractivity contribution is 0.508. The molecule has 18 heavy (non-hydrogen) atoms. The molecule has 1 aromatic rings. The van der Waals surface area contributed by atoms with Crippen LogP contribution in [0.2, 0.25) is 0 Å². The SMILES string of the molecule is Nc1cccnc1S(=O)(=O)NC1CCCCCC1. The first kappa shape index (κ1) is 13.3. The van der Waals surface area contributed by atoms with Gasteiger partial charge in [0.15, 0.2) is 5.03 Å². The summed E-state index contributed by atoms with van der Waals surface area (Å²) in [6.45, 7) is 0. The Kier molecular flexibility index (Phi) is 4.19. The van der Waals surface area contributed by atoms with E-state index in [1.807, 2.05) is 0 Å². The molecule has 0 spiro atoms. The van der Waals surface area contributed by atoms with Crippen molar-refractivity contribution in [1.82, 2.24) is 9.71 Å². The minimum Gasteiger partial charge on any atom is -0.396 e. The molecule has 100 valence electrons. The van der Waals surface area contributed by atoms with Gasteiger partial charge >= 0.3 is 0 Å².